The SMILES string of the molecule is Cc1cc(Br)ccc1NCc1cc(C(=O)O)c(C)o1. The van der Waals surface area contributed by atoms with Crippen molar-refractivity contribution in [2.45, 2.75) is 20.4 Å². The molecule has 0 unspecified atom stereocenters. The number of hydrogen-bond donors (Lipinski definition) is 2. The molecule has 1 aromatic heterocycles. The van der Waals surface area contributed by atoms with E-state index in [4.69, 9.17) is 9.52 Å². The molecule has 2 aromatic rings. The predicted molar refractivity (Wildman–Crippen MR) is 76.6 cm³/mol. The summed E-state index contributed by atoms with van der Waals surface area (Å²) in [6, 6.07) is 7.48. The predicted octanol–water partition coefficient (Wildman–Crippen LogP) is 3.97. The van der Waals surface area contributed by atoms with Crippen molar-refractivity contribution in [1.29, 1.82) is 0 Å². The van der Waals surface area contributed by atoms with Crippen molar-refractivity contribution in [3.63, 3.8) is 0 Å². The van der Waals surface area contributed by atoms with E-state index in [1.54, 1.807) is 13.0 Å². The molecule has 0 saturated carbocycles. The number of aryl methyl sites for hydroxylation is 2. The van der Waals surface area contributed by atoms with E-state index in [1.807, 2.05) is 25.1 Å². The number of carbonyl (C=O) groups is 1. The summed E-state index contributed by atoms with van der Waals surface area (Å²) in [5, 5.41) is 12.2. The molecule has 1 aromatic carbocycles. The minimum Gasteiger partial charge on any atom is -0.478 e. The highest BCUT2D eigenvalue weighted by molar-refractivity contribution is 9.10. The highest BCUT2D eigenvalue weighted by atomic mass is 79.9. The molecule has 5 heteroatoms. The molecule has 2 N–H and O–H groups in total. The van der Waals surface area contributed by atoms with E-state index >= 15 is 0 Å². The Morgan fingerprint density at radius 1 is 1.37 bits per heavy atom. The Hall–Kier alpha value is -1.75. The average molecular weight is 324 g/mol. The van der Waals surface area contributed by atoms with Crippen LogP contribution in [0, 0.1) is 13.8 Å². The molecule has 100 valence electrons. The van der Waals surface area contributed by atoms with Crippen LogP contribution in [0.3, 0.4) is 0 Å². The number of benzene rings is 1. The largest absolute Gasteiger partial charge is 0.478 e. The summed E-state index contributed by atoms with van der Waals surface area (Å²) in [7, 11) is 0. The minimum atomic E-state index is -0.965. The zero-order valence-corrected chi connectivity index (χ0v) is 12.2. The second-order valence-electron chi connectivity index (χ2n) is 4.30. The van der Waals surface area contributed by atoms with Crippen LogP contribution < -0.4 is 5.32 Å². The number of rotatable bonds is 4. The summed E-state index contributed by atoms with van der Waals surface area (Å²) in [5.74, 6) is 0.0707. The van der Waals surface area contributed by atoms with Gasteiger partial charge in [0, 0.05) is 10.2 Å². The molecule has 0 radical (unpaired) electrons. The topological polar surface area (TPSA) is 62.5 Å². The van der Waals surface area contributed by atoms with Gasteiger partial charge in [0.05, 0.1) is 6.54 Å². The number of carboxylic acid groups (broad SMARTS) is 1. The molecule has 19 heavy (non-hydrogen) atoms. The minimum absolute atomic E-state index is 0.212. The summed E-state index contributed by atoms with van der Waals surface area (Å²) >= 11 is 3.41. The van der Waals surface area contributed by atoms with Crippen molar-refractivity contribution in [3.8, 4) is 0 Å². The molecule has 0 saturated heterocycles. The van der Waals surface area contributed by atoms with Crippen molar-refractivity contribution < 1.29 is 14.3 Å². The molecule has 0 aliphatic rings. The van der Waals surface area contributed by atoms with E-state index in [0.29, 0.717) is 18.1 Å². The van der Waals surface area contributed by atoms with Crippen LogP contribution in [0.15, 0.2) is 33.2 Å². The zero-order chi connectivity index (χ0) is 14.0. The zero-order valence-electron chi connectivity index (χ0n) is 10.7. The van der Waals surface area contributed by atoms with Crippen molar-refractivity contribution >= 4 is 27.6 Å². The number of carboxylic acids is 1. The molecule has 0 amide bonds. The van der Waals surface area contributed by atoms with Crippen LogP contribution in [0.25, 0.3) is 0 Å². The maximum absolute atomic E-state index is 10.9. The van der Waals surface area contributed by atoms with E-state index in [0.717, 1.165) is 15.7 Å². The van der Waals surface area contributed by atoms with E-state index in [-0.39, 0.29) is 5.56 Å². The van der Waals surface area contributed by atoms with Gasteiger partial charge in [0.1, 0.15) is 17.1 Å². The van der Waals surface area contributed by atoms with Crippen LogP contribution in [0.4, 0.5) is 5.69 Å². The van der Waals surface area contributed by atoms with Crippen LogP contribution in [0.1, 0.15) is 27.4 Å². The first-order valence-electron chi connectivity index (χ1n) is 5.80. The first kappa shape index (κ1) is 13.7. The Kier molecular flexibility index (Phi) is 3.95. The highest BCUT2D eigenvalue weighted by Gasteiger charge is 2.13. The smallest absolute Gasteiger partial charge is 0.339 e. The van der Waals surface area contributed by atoms with Crippen LogP contribution >= 0.6 is 15.9 Å². The van der Waals surface area contributed by atoms with Crippen LogP contribution in [0.5, 0.6) is 0 Å². The number of anilines is 1. The van der Waals surface area contributed by atoms with Gasteiger partial charge in [-0.2, -0.15) is 0 Å². The first-order valence-corrected chi connectivity index (χ1v) is 6.59. The maximum atomic E-state index is 10.9. The van der Waals surface area contributed by atoms with Crippen molar-refractivity contribution in [3.05, 3.63) is 51.4 Å². The molecule has 0 fully saturated rings. The monoisotopic (exact) mass is 323 g/mol. The van der Waals surface area contributed by atoms with Crippen molar-refractivity contribution in [1.82, 2.24) is 0 Å². The molecule has 4 nitrogen and oxygen atoms in total. The van der Waals surface area contributed by atoms with Crippen LogP contribution in [-0.2, 0) is 6.54 Å². The van der Waals surface area contributed by atoms with E-state index in [9.17, 15) is 4.79 Å². The van der Waals surface area contributed by atoms with Gasteiger partial charge in [-0.25, -0.2) is 4.79 Å². The second-order valence-corrected chi connectivity index (χ2v) is 5.22. The lowest BCUT2D eigenvalue weighted by atomic mass is 10.2. The number of nitrogens with one attached hydrogen (secondary N) is 1. The third-order valence-electron chi connectivity index (χ3n) is 2.84. The average Bonchev–Trinajstić information content (AvgIpc) is 2.69. The molecule has 0 aliphatic carbocycles. The molecule has 0 bridgehead atoms. The fraction of sp³-hybridized carbons (Fsp3) is 0.214. The number of halogens is 1. The van der Waals surface area contributed by atoms with Crippen molar-refractivity contribution in [2.75, 3.05) is 5.32 Å². The number of furan rings is 1. The molecule has 2 rings (SSSR count). The quantitative estimate of drug-likeness (QED) is 0.893. The van der Waals surface area contributed by atoms with Crippen LogP contribution in [-0.4, -0.2) is 11.1 Å². The Morgan fingerprint density at radius 3 is 2.68 bits per heavy atom. The summed E-state index contributed by atoms with van der Waals surface area (Å²) in [4.78, 5) is 10.9. The summed E-state index contributed by atoms with van der Waals surface area (Å²) < 4.78 is 6.43. The molecule has 0 atom stereocenters. The normalized spacial score (nSPS) is 10.5. The fourth-order valence-electron chi connectivity index (χ4n) is 1.85. The Bertz CT molecular complexity index is 619. The molecular formula is C14H14BrNO3. The van der Waals surface area contributed by atoms with Gasteiger partial charge in [0.2, 0.25) is 0 Å². The fourth-order valence-corrected chi connectivity index (χ4v) is 2.33. The van der Waals surface area contributed by atoms with E-state index in [2.05, 4.69) is 21.2 Å². The molecular weight excluding hydrogens is 310 g/mol. The third kappa shape index (κ3) is 3.17. The van der Waals surface area contributed by atoms with Gasteiger partial charge in [0.25, 0.3) is 0 Å². The Morgan fingerprint density at radius 2 is 2.11 bits per heavy atom. The van der Waals surface area contributed by atoms with Gasteiger partial charge in [-0.05, 0) is 43.7 Å². The second kappa shape index (κ2) is 5.48. The highest BCUT2D eigenvalue weighted by Crippen LogP contribution is 2.21. The first-order chi connectivity index (χ1) is 8.97. The Balaban J connectivity index is 2.10. The van der Waals surface area contributed by atoms with Gasteiger partial charge >= 0.3 is 5.97 Å². The maximum Gasteiger partial charge on any atom is 0.339 e. The number of hydrogen-bond acceptors (Lipinski definition) is 3. The van der Waals surface area contributed by atoms with Gasteiger partial charge in [-0.1, -0.05) is 15.9 Å². The third-order valence-corrected chi connectivity index (χ3v) is 3.33. The van der Waals surface area contributed by atoms with Gasteiger partial charge in [0.15, 0.2) is 0 Å². The van der Waals surface area contributed by atoms with Gasteiger partial charge < -0.3 is 14.8 Å². The summed E-state index contributed by atoms with van der Waals surface area (Å²) in [6.07, 6.45) is 0. The van der Waals surface area contributed by atoms with Gasteiger partial charge in [-0.15, -0.1) is 0 Å². The van der Waals surface area contributed by atoms with Crippen LogP contribution in [0.2, 0.25) is 0 Å². The van der Waals surface area contributed by atoms with E-state index < -0.39 is 5.97 Å². The molecule has 0 aliphatic heterocycles. The summed E-state index contributed by atoms with van der Waals surface area (Å²) in [5.41, 5.74) is 2.31. The molecule has 0 spiro atoms. The lowest BCUT2D eigenvalue weighted by molar-refractivity contribution is 0.0695. The summed E-state index contributed by atoms with van der Waals surface area (Å²) in [6.45, 7) is 4.11. The Labute approximate surface area is 119 Å². The van der Waals surface area contributed by atoms with Gasteiger partial charge in [-0.3, -0.25) is 0 Å². The van der Waals surface area contributed by atoms with Crippen molar-refractivity contribution in [2.24, 2.45) is 0 Å². The molecule has 1 heterocycles. The number of aromatic carboxylic acids is 1. The lowest BCUT2D eigenvalue weighted by Gasteiger charge is -2.08. The van der Waals surface area contributed by atoms with E-state index in [1.165, 1.54) is 0 Å². The lowest BCUT2D eigenvalue weighted by Crippen LogP contribution is -2.00. The standard InChI is InChI=1S/C14H14BrNO3/c1-8-5-10(15)3-4-13(8)16-7-11-6-12(14(17)18)9(2)19-11/h3-6,16H,7H2,1-2H3,(H,17,18).